The number of rotatable bonds is 2. The first-order chi connectivity index (χ1) is 7.48. The molecule has 1 N–H and O–H groups in total. The van der Waals surface area contributed by atoms with Crippen LogP contribution in [0.4, 0.5) is 13.2 Å². The standard InChI is InChI=1S/C9H9F3N2OS/c10-9(11,12)8-14-4-6(16-8)7(15)5-1-2-13-3-5/h4-5,13H,1-3H2. The number of hydrogen-bond acceptors (Lipinski definition) is 4. The van der Waals surface area contributed by atoms with Crippen molar-refractivity contribution in [3.63, 3.8) is 0 Å². The first kappa shape index (κ1) is 11.5. The third-order valence-electron chi connectivity index (χ3n) is 2.42. The Kier molecular flexibility index (Phi) is 2.98. The van der Waals surface area contributed by atoms with Gasteiger partial charge in [0.25, 0.3) is 0 Å². The van der Waals surface area contributed by atoms with Crippen LogP contribution in [-0.4, -0.2) is 23.9 Å². The van der Waals surface area contributed by atoms with Gasteiger partial charge in [0, 0.05) is 18.7 Å². The van der Waals surface area contributed by atoms with Gasteiger partial charge in [0.15, 0.2) is 10.8 Å². The van der Waals surface area contributed by atoms with E-state index in [-0.39, 0.29) is 16.6 Å². The van der Waals surface area contributed by atoms with Crippen molar-refractivity contribution in [2.24, 2.45) is 5.92 Å². The van der Waals surface area contributed by atoms with E-state index in [9.17, 15) is 18.0 Å². The Morgan fingerprint density at radius 1 is 1.56 bits per heavy atom. The predicted molar refractivity (Wildman–Crippen MR) is 52.4 cm³/mol. The van der Waals surface area contributed by atoms with Crippen molar-refractivity contribution in [3.05, 3.63) is 16.1 Å². The molecule has 1 aliphatic heterocycles. The quantitative estimate of drug-likeness (QED) is 0.816. The van der Waals surface area contributed by atoms with E-state index in [0.29, 0.717) is 24.3 Å². The van der Waals surface area contributed by atoms with Gasteiger partial charge in [0.2, 0.25) is 0 Å². The number of ketones is 1. The van der Waals surface area contributed by atoms with Crippen LogP contribution >= 0.6 is 11.3 Å². The lowest BCUT2D eigenvalue weighted by Crippen LogP contribution is -2.16. The number of Topliss-reactive ketones (excluding diaryl/α,β-unsaturated/α-hetero) is 1. The molecule has 2 heterocycles. The van der Waals surface area contributed by atoms with Crippen LogP contribution in [0.15, 0.2) is 6.20 Å². The zero-order valence-corrected chi connectivity index (χ0v) is 8.99. The van der Waals surface area contributed by atoms with E-state index in [2.05, 4.69) is 10.3 Å². The van der Waals surface area contributed by atoms with Gasteiger partial charge in [-0.3, -0.25) is 4.79 Å². The molecule has 2 rings (SSSR count). The molecule has 1 aliphatic rings. The first-order valence-corrected chi connectivity index (χ1v) is 5.58. The van der Waals surface area contributed by atoms with Crippen LogP contribution in [0.1, 0.15) is 21.1 Å². The van der Waals surface area contributed by atoms with Gasteiger partial charge in [-0.15, -0.1) is 11.3 Å². The first-order valence-electron chi connectivity index (χ1n) is 4.76. The highest BCUT2D eigenvalue weighted by Gasteiger charge is 2.36. The van der Waals surface area contributed by atoms with Crippen molar-refractivity contribution >= 4 is 17.1 Å². The van der Waals surface area contributed by atoms with E-state index in [1.807, 2.05) is 0 Å². The van der Waals surface area contributed by atoms with Gasteiger partial charge < -0.3 is 5.32 Å². The van der Waals surface area contributed by atoms with Gasteiger partial charge >= 0.3 is 6.18 Å². The van der Waals surface area contributed by atoms with E-state index in [1.54, 1.807) is 0 Å². The minimum atomic E-state index is -4.46. The third kappa shape index (κ3) is 2.25. The molecule has 1 atom stereocenters. The van der Waals surface area contributed by atoms with Crippen molar-refractivity contribution in [2.75, 3.05) is 13.1 Å². The fraction of sp³-hybridized carbons (Fsp3) is 0.556. The Balaban J connectivity index is 2.15. The summed E-state index contributed by atoms with van der Waals surface area (Å²) in [6.45, 7) is 1.28. The number of carbonyl (C=O) groups excluding carboxylic acids is 1. The van der Waals surface area contributed by atoms with Crippen LogP contribution in [0.25, 0.3) is 0 Å². The monoisotopic (exact) mass is 250 g/mol. The highest BCUT2D eigenvalue weighted by atomic mass is 32.1. The van der Waals surface area contributed by atoms with E-state index < -0.39 is 11.2 Å². The van der Waals surface area contributed by atoms with Crippen molar-refractivity contribution in [2.45, 2.75) is 12.6 Å². The number of nitrogens with zero attached hydrogens (tertiary/aromatic N) is 1. The highest BCUT2D eigenvalue weighted by molar-refractivity contribution is 7.13. The summed E-state index contributed by atoms with van der Waals surface area (Å²) in [5.41, 5.74) is 0. The minimum absolute atomic E-state index is 0.0982. The maximum atomic E-state index is 12.3. The van der Waals surface area contributed by atoms with Crippen molar-refractivity contribution in [1.29, 1.82) is 0 Å². The number of alkyl halides is 3. The van der Waals surface area contributed by atoms with Gasteiger partial charge in [0.1, 0.15) is 0 Å². The summed E-state index contributed by atoms with van der Waals surface area (Å²) >= 11 is 0.421. The second-order valence-corrected chi connectivity index (χ2v) is 4.61. The van der Waals surface area contributed by atoms with Crippen molar-refractivity contribution < 1.29 is 18.0 Å². The summed E-state index contributed by atoms with van der Waals surface area (Å²) in [4.78, 5) is 15.1. The SMILES string of the molecule is O=C(c1cnc(C(F)(F)F)s1)C1CCNC1. The van der Waals surface area contributed by atoms with Crippen LogP contribution in [0.2, 0.25) is 0 Å². The number of halogens is 3. The zero-order chi connectivity index (χ0) is 11.8. The van der Waals surface area contributed by atoms with Gasteiger partial charge in [-0.05, 0) is 13.0 Å². The summed E-state index contributed by atoms with van der Waals surface area (Å²) in [6, 6.07) is 0. The zero-order valence-electron chi connectivity index (χ0n) is 8.17. The molecule has 0 spiro atoms. The number of aromatic nitrogens is 1. The van der Waals surface area contributed by atoms with Crippen LogP contribution < -0.4 is 5.32 Å². The number of hydrogen-bond donors (Lipinski definition) is 1. The Hall–Kier alpha value is -0.950. The van der Waals surface area contributed by atoms with Crippen molar-refractivity contribution in [3.8, 4) is 0 Å². The average molecular weight is 250 g/mol. The smallest absolute Gasteiger partial charge is 0.316 e. The molecule has 0 bridgehead atoms. The molecule has 88 valence electrons. The molecule has 1 fully saturated rings. The molecule has 1 unspecified atom stereocenters. The van der Waals surface area contributed by atoms with Crippen LogP contribution in [0, 0.1) is 5.92 Å². The van der Waals surface area contributed by atoms with E-state index in [4.69, 9.17) is 0 Å². The topological polar surface area (TPSA) is 42.0 Å². The maximum absolute atomic E-state index is 12.3. The lowest BCUT2D eigenvalue weighted by Gasteiger charge is -2.03. The highest BCUT2D eigenvalue weighted by Crippen LogP contribution is 2.33. The maximum Gasteiger partial charge on any atom is 0.443 e. The lowest BCUT2D eigenvalue weighted by atomic mass is 10.0. The van der Waals surface area contributed by atoms with E-state index >= 15 is 0 Å². The van der Waals surface area contributed by atoms with Gasteiger partial charge in [-0.1, -0.05) is 0 Å². The second kappa shape index (κ2) is 4.14. The molecule has 0 aromatic carbocycles. The normalized spacial score (nSPS) is 21.3. The van der Waals surface area contributed by atoms with E-state index in [0.717, 1.165) is 12.7 Å². The van der Waals surface area contributed by atoms with Gasteiger partial charge in [-0.25, -0.2) is 4.98 Å². The molecule has 1 saturated heterocycles. The second-order valence-electron chi connectivity index (χ2n) is 3.58. The van der Waals surface area contributed by atoms with Crippen LogP contribution in [-0.2, 0) is 6.18 Å². The summed E-state index contributed by atoms with van der Waals surface area (Å²) in [7, 11) is 0. The van der Waals surface area contributed by atoms with Crippen LogP contribution in [0.5, 0.6) is 0 Å². The molecule has 7 heteroatoms. The molecule has 0 aliphatic carbocycles. The van der Waals surface area contributed by atoms with Crippen LogP contribution in [0.3, 0.4) is 0 Å². The number of thiazole rings is 1. The summed E-state index contributed by atoms with van der Waals surface area (Å²) in [5.74, 6) is -0.445. The fourth-order valence-corrected chi connectivity index (χ4v) is 2.40. The third-order valence-corrected chi connectivity index (χ3v) is 3.48. The van der Waals surface area contributed by atoms with E-state index in [1.165, 1.54) is 0 Å². The molecule has 0 amide bonds. The molecule has 1 aromatic rings. The summed E-state index contributed by atoms with van der Waals surface area (Å²) in [6.07, 6.45) is -2.76. The molecular weight excluding hydrogens is 241 g/mol. The molecule has 3 nitrogen and oxygen atoms in total. The molecule has 16 heavy (non-hydrogen) atoms. The molecule has 0 saturated carbocycles. The Morgan fingerprint density at radius 2 is 2.31 bits per heavy atom. The van der Waals surface area contributed by atoms with Crippen molar-refractivity contribution in [1.82, 2.24) is 10.3 Å². The molecule has 1 aromatic heterocycles. The lowest BCUT2D eigenvalue weighted by molar-refractivity contribution is -0.137. The number of carbonyl (C=O) groups is 1. The Bertz CT molecular complexity index is 396. The number of nitrogens with one attached hydrogen (secondary N) is 1. The molecule has 0 radical (unpaired) electrons. The van der Waals surface area contributed by atoms with Gasteiger partial charge in [0.05, 0.1) is 4.88 Å². The fourth-order valence-electron chi connectivity index (χ4n) is 1.60. The Morgan fingerprint density at radius 3 is 2.81 bits per heavy atom. The summed E-state index contributed by atoms with van der Waals surface area (Å²) in [5, 5.41) is 2.04. The Labute approximate surface area is 93.7 Å². The predicted octanol–water partition coefficient (Wildman–Crippen LogP) is 1.95. The van der Waals surface area contributed by atoms with Gasteiger partial charge in [-0.2, -0.15) is 13.2 Å². The summed E-state index contributed by atoms with van der Waals surface area (Å²) < 4.78 is 36.8. The largest absolute Gasteiger partial charge is 0.443 e. The minimum Gasteiger partial charge on any atom is -0.316 e. The average Bonchev–Trinajstić information content (AvgIpc) is 2.87. The molecular formula is C9H9F3N2OS.